The first-order valence-electron chi connectivity index (χ1n) is 44.9. The fraction of sp³-hybridized carbons (Fsp3) is 0.311. The van der Waals surface area contributed by atoms with Crippen LogP contribution < -0.4 is 71.8 Å². The minimum absolute atomic E-state index is 0.0121. The number of halogens is 6. The molecule has 36 heteroatoms. The summed E-state index contributed by atoms with van der Waals surface area (Å²) in [6.45, 7) is 13.6. The fourth-order valence-electron chi connectivity index (χ4n) is 17.1. The molecular weight excluding hydrogens is 1820 g/mol. The number of likely N-dealkylation sites (N-methyl/N-ethyl adjacent to an activating group) is 1. The van der Waals surface area contributed by atoms with Crippen molar-refractivity contribution in [3.8, 4) is 67.8 Å². The third-order valence-corrected chi connectivity index (χ3v) is 26.3. The molecule has 0 bridgehead atoms. The van der Waals surface area contributed by atoms with Crippen molar-refractivity contribution >= 4 is 62.2 Å². The van der Waals surface area contributed by atoms with Crippen molar-refractivity contribution in [1.29, 1.82) is 0 Å². The summed E-state index contributed by atoms with van der Waals surface area (Å²) in [5.74, 6) is -8.53. The van der Waals surface area contributed by atoms with Crippen LogP contribution in [-0.4, -0.2) is 149 Å². The summed E-state index contributed by atoms with van der Waals surface area (Å²) in [6, 6.07) is 35.2. The van der Waals surface area contributed by atoms with Gasteiger partial charge in [0.2, 0.25) is 0 Å². The fourth-order valence-corrected chi connectivity index (χ4v) is 18.1. The Labute approximate surface area is 798 Å². The summed E-state index contributed by atoms with van der Waals surface area (Å²) in [5, 5.41) is 17.5. The highest BCUT2D eigenvalue weighted by atomic mass is 32.2. The van der Waals surface area contributed by atoms with Crippen molar-refractivity contribution in [3.63, 3.8) is 0 Å². The SMILES string of the molecule is CC(=O)[C@H](Cc1ccc(-c2cn(C)c(=O)n(C)c2=O)c2c1CCCO2)NC(=O)c1c(F)cc(N[C@@H](C)c2ccccc2)cc1F.CC[C@H](C)Nc1cc(F)c(C(=O)N[C@@H](Cc2ccc(-c3c(OC)cc(C)n(C)c3=O)c3c2CCCO3)C(C)=O)c(F)c1.COc1cccc(OC)c1-c1ccc(CC(NC(=O)c2c(F)cc(NS(=O)(=O)c3ccc(-n4cncn4)cc3)cc2F)C(C)=O)c2c1CN(C)CC2. The first kappa shape index (κ1) is 101. The number of fused-ring (bicyclic) bond motifs is 3. The van der Waals surface area contributed by atoms with Gasteiger partial charge < -0.3 is 64.3 Å². The zero-order valence-electron chi connectivity index (χ0n) is 79.1. The first-order chi connectivity index (χ1) is 66.3. The molecule has 6 N–H and O–H groups in total. The number of carbonyl (C=O) groups excluding carboxylic acids is 6. The lowest BCUT2D eigenvalue weighted by Gasteiger charge is -2.30. The van der Waals surface area contributed by atoms with Crippen LogP contribution in [0.5, 0.6) is 28.7 Å². The number of aryl methyl sites for hydroxylation is 2. The number of ether oxygens (including phenoxy) is 5. The van der Waals surface area contributed by atoms with E-state index in [0.29, 0.717) is 114 Å². The molecule has 29 nitrogen and oxygen atoms in total. The minimum Gasteiger partial charge on any atom is -0.496 e. The summed E-state index contributed by atoms with van der Waals surface area (Å²) >= 11 is 0. The monoisotopic (exact) mass is 1930 g/mol. The van der Waals surface area contributed by atoms with Gasteiger partial charge in [-0.3, -0.25) is 47.6 Å². The highest BCUT2D eigenvalue weighted by Crippen LogP contribution is 2.45. The Morgan fingerprint density at radius 3 is 1.45 bits per heavy atom. The Bertz CT molecular complexity index is 6950. The molecule has 0 saturated carbocycles. The van der Waals surface area contributed by atoms with Crippen LogP contribution in [0.1, 0.15) is 148 Å². The summed E-state index contributed by atoms with van der Waals surface area (Å²) in [4.78, 5) is 122. The Hall–Kier alpha value is -14.9. The number of pyridine rings is 1. The lowest BCUT2D eigenvalue weighted by molar-refractivity contribution is -0.119. The second-order valence-electron chi connectivity index (χ2n) is 34.3. The number of amides is 3. The topological polar surface area (TPSA) is 355 Å². The number of aromatic nitrogens is 6. The van der Waals surface area contributed by atoms with Gasteiger partial charge in [0.05, 0.1) is 85.6 Å². The smallest absolute Gasteiger partial charge is 0.330 e. The summed E-state index contributed by atoms with van der Waals surface area (Å²) in [5.41, 5.74) is 7.74. The molecule has 0 spiro atoms. The van der Waals surface area contributed by atoms with Crippen LogP contribution in [0.4, 0.5) is 43.4 Å². The minimum atomic E-state index is -4.26. The van der Waals surface area contributed by atoms with Gasteiger partial charge in [-0.1, -0.05) is 79.7 Å². The van der Waals surface area contributed by atoms with Crippen LogP contribution in [0.3, 0.4) is 0 Å². The van der Waals surface area contributed by atoms with E-state index in [2.05, 4.69) is 46.3 Å². The van der Waals surface area contributed by atoms with Gasteiger partial charge in [0, 0.05) is 106 Å². The molecule has 12 aromatic rings. The van der Waals surface area contributed by atoms with Gasteiger partial charge in [0.15, 0.2) is 17.3 Å². The third kappa shape index (κ3) is 22.8. The van der Waals surface area contributed by atoms with Crippen molar-refractivity contribution in [2.24, 2.45) is 21.1 Å². The average molecular weight is 1930 g/mol. The zero-order chi connectivity index (χ0) is 100. The first-order valence-corrected chi connectivity index (χ1v) is 46.4. The van der Waals surface area contributed by atoms with Gasteiger partial charge in [0.25, 0.3) is 38.9 Å². The molecule has 15 rings (SSSR count). The Kier molecular flexibility index (Phi) is 32.1. The number of methoxy groups -OCH3 is 3. The maximum atomic E-state index is 15.4. The van der Waals surface area contributed by atoms with Crippen molar-refractivity contribution in [2.45, 2.75) is 148 Å². The highest BCUT2D eigenvalue weighted by molar-refractivity contribution is 7.92. The molecule has 5 atom stereocenters. The molecule has 9 aromatic carbocycles. The number of anilines is 3. The van der Waals surface area contributed by atoms with E-state index in [0.717, 1.165) is 104 Å². The predicted molar refractivity (Wildman–Crippen MR) is 513 cm³/mol. The van der Waals surface area contributed by atoms with E-state index in [-0.39, 0.29) is 64.5 Å². The average Bonchev–Trinajstić information content (AvgIpc) is 1.51. The van der Waals surface area contributed by atoms with Crippen LogP contribution in [0.2, 0.25) is 0 Å². The lowest BCUT2D eigenvalue weighted by atomic mass is 9.85. The number of ketones is 3. The lowest BCUT2D eigenvalue weighted by Crippen LogP contribution is -2.42. The molecule has 6 heterocycles. The number of carbonyl (C=O) groups is 6. The number of hydrogen-bond donors (Lipinski definition) is 6. The van der Waals surface area contributed by atoms with Gasteiger partial charge in [-0.05, 0) is 210 Å². The number of Topliss-reactive ketones (excluding diaryl/α,β-unsaturated/α-hetero) is 3. The van der Waals surface area contributed by atoms with Gasteiger partial charge >= 0.3 is 5.69 Å². The third-order valence-electron chi connectivity index (χ3n) is 24.9. The van der Waals surface area contributed by atoms with Crippen LogP contribution >= 0.6 is 0 Å². The van der Waals surface area contributed by atoms with Gasteiger partial charge in [-0.15, -0.1) is 0 Å². The van der Waals surface area contributed by atoms with Crippen LogP contribution in [0.15, 0.2) is 190 Å². The second-order valence-corrected chi connectivity index (χ2v) is 36.0. The van der Waals surface area contributed by atoms with E-state index in [4.69, 9.17) is 23.7 Å². The number of nitrogens with one attached hydrogen (secondary N) is 6. The van der Waals surface area contributed by atoms with Crippen molar-refractivity contribution < 1.29 is 87.2 Å². The van der Waals surface area contributed by atoms with E-state index in [9.17, 15) is 60.3 Å². The van der Waals surface area contributed by atoms with Crippen LogP contribution in [0, 0.1) is 41.8 Å². The van der Waals surface area contributed by atoms with Gasteiger partial charge in [-0.2, -0.15) is 5.10 Å². The van der Waals surface area contributed by atoms with Crippen molar-refractivity contribution in [1.82, 2.24) is 49.3 Å². The molecule has 1 unspecified atom stereocenters. The molecule has 3 aromatic heterocycles. The number of nitrogens with zero attached hydrogens (tertiary/aromatic N) is 7. The zero-order valence-corrected chi connectivity index (χ0v) is 79.9. The molecule has 728 valence electrons. The molecule has 0 saturated heterocycles. The molecule has 3 amide bonds. The molecule has 139 heavy (non-hydrogen) atoms. The summed E-state index contributed by atoms with van der Waals surface area (Å²) in [6.07, 6.45) is 8.44. The van der Waals surface area contributed by atoms with Gasteiger partial charge in [0.1, 0.15) is 93.0 Å². The standard InChI is InChI=1S/C37H36F2N6O6S.C34H34F2N4O5.C32H37F2N3O5/c1-22(46)32(16-23-8-13-28(29-19-44(2)15-14-27(23)29)35-33(50-3)6-5-7-34(35)51-4)42-37(47)36-30(38)17-24(18-31(36)39)43-52(48,49)26-11-9-25(10-12-26)45-21-40-20-41-45;1-19(21-9-6-5-7-10-21)37-23-16-27(35)30(28(36)17-23)32(42)38-29(20(2)41)15-22-12-13-25(31-24(22)11-8-14-45-31)26-18-39(3)34(44)40(4)33(26)43;1-7-17(2)35-21-15-24(33)29(25(34)16-21)31(39)36-26(19(4)38)14-20-10-11-23(30-22(20)9-8-12-42-30)28-27(41-6)13-18(3)37(5)32(28)40/h5-13,17-18,20-21,32,43H,14-16,19H2,1-4H3,(H,42,47);5-7,9-10,12-13,16-19,29,37H,8,11,14-15H2,1-4H3,(H,38,42);10-11,13,15-17,26,35H,7-9,12,14H2,1-6H3,(H,36,39)/t;19-,29-;17-,26-/m.00/s1. The summed E-state index contributed by atoms with van der Waals surface area (Å²) in [7, 11) is 7.06. The number of rotatable bonds is 31. The molecule has 0 aliphatic carbocycles. The van der Waals surface area contributed by atoms with Crippen LogP contribution in [0.25, 0.3) is 39.1 Å². The number of sulfonamides is 1. The predicted octanol–water partition coefficient (Wildman–Crippen LogP) is 14.5. The molecule has 3 aliphatic rings. The quantitative estimate of drug-likeness (QED) is 0.0220. The largest absolute Gasteiger partial charge is 0.496 e. The second kappa shape index (κ2) is 44.0. The molecule has 3 aliphatic heterocycles. The van der Waals surface area contributed by atoms with E-state index < -0.39 is 126 Å². The molecule has 0 radical (unpaired) electrons. The normalized spacial score (nSPS) is 13.7. The van der Waals surface area contributed by atoms with E-state index in [1.807, 2.05) is 95.4 Å². The highest BCUT2D eigenvalue weighted by Gasteiger charge is 2.35. The maximum absolute atomic E-state index is 15.4. The van der Waals surface area contributed by atoms with Crippen molar-refractivity contribution in [3.05, 3.63) is 303 Å². The number of hydrogen-bond acceptors (Lipinski definition) is 21. The van der Waals surface area contributed by atoms with E-state index >= 15 is 17.6 Å². The molecular formula is C103H107F6N13O16S. The van der Waals surface area contributed by atoms with E-state index in [1.165, 1.54) is 91.9 Å². The Balaban J connectivity index is 0.000000177. The van der Waals surface area contributed by atoms with E-state index in [1.54, 1.807) is 58.6 Å². The molecule has 0 fully saturated rings. The Morgan fingerprint density at radius 2 is 0.971 bits per heavy atom. The van der Waals surface area contributed by atoms with Crippen molar-refractivity contribution in [2.75, 3.05) is 63.5 Å². The number of benzene rings is 9. The van der Waals surface area contributed by atoms with Gasteiger partial charge in [-0.25, -0.2) is 49.2 Å². The summed E-state index contributed by atoms with van der Waals surface area (Å²) < 4.78 is 153. The maximum Gasteiger partial charge on any atom is 0.330 e. The Morgan fingerprint density at radius 1 is 0.504 bits per heavy atom. The van der Waals surface area contributed by atoms with Crippen LogP contribution in [-0.2, 0) is 90.6 Å².